The molecule has 1 N–H and O–H groups in total. The Morgan fingerprint density at radius 3 is 2.34 bits per heavy atom. The standard InChI is InChI=1S/C24H22ClFN2O/c1-15-13-23(27-21-10-6-19(25)7-11-21)22-14-18(17-3-8-20(26)9-4-17)5-12-24(22)28(15)16(2)29/h3-12,14-15,23,27H,13H2,1-2H3/t15-,23+/m1/s1. The van der Waals surface area contributed by atoms with E-state index in [0.717, 1.165) is 34.5 Å². The highest BCUT2D eigenvalue weighted by Crippen LogP contribution is 2.41. The molecule has 3 aromatic rings. The zero-order valence-corrected chi connectivity index (χ0v) is 17.1. The second kappa shape index (κ2) is 7.88. The molecule has 1 aliphatic heterocycles. The lowest BCUT2D eigenvalue weighted by Crippen LogP contribution is -2.43. The van der Waals surface area contributed by atoms with Crippen molar-refractivity contribution < 1.29 is 9.18 Å². The van der Waals surface area contributed by atoms with Gasteiger partial charge in [0.25, 0.3) is 0 Å². The van der Waals surface area contributed by atoms with Crippen LogP contribution in [0, 0.1) is 5.82 Å². The SMILES string of the molecule is CC(=O)N1c2ccc(-c3ccc(F)cc3)cc2[C@@H](Nc2ccc(Cl)cc2)C[C@H]1C. The van der Waals surface area contributed by atoms with Gasteiger partial charge in [0.05, 0.1) is 6.04 Å². The van der Waals surface area contributed by atoms with Crippen LogP contribution in [0.5, 0.6) is 0 Å². The molecule has 4 rings (SSSR count). The van der Waals surface area contributed by atoms with Gasteiger partial charge in [0, 0.05) is 29.4 Å². The maximum atomic E-state index is 13.3. The lowest BCUT2D eigenvalue weighted by atomic mass is 9.89. The zero-order valence-electron chi connectivity index (χ0n) is 16.3. The Morgan fingerprint density at radius 2 is 1.69 bits per heavy atom. The van der Waals surface area contributed by atoms with Crippen molar-refractivity contribution in [2.24, 2.45) is 0 Å². The minimum atomic E-state index is -0.259. The molecule has 3 aromatic carbocycles. The van der Waals surface area contributed by atoms with Crippen LogP contribution in [0.15, 0.2) is 66.7 Å². The fourth-order valence-electron chi connectivity index (χ4n) is 4.05. The highest BCUT2D eigenvalue weighted by atomic mass is 35.5. The average molecular weight is 409 g/mol. The molecule has 2 atom stereocenters. The molecule has 0 fully saturated rings. The Hall–Kier alpha value is -2.85. The number of benzene rings is 3. The van der Waals surface area contributed by atoms with Crippen molar-refractivity contribution in [2.45, 2.75) is 32.4 Å². The third-order valence-corrected chi connectivity index (χ3v) is 5.63. The van der Waals surface area contributed by atoms with Gasteiger partial charge < -0.3 is 10.2 Å². The van der Waals surface area contributed by atoms with Gasteiger partial charge in [-0.2, -0.15) is 0 Å². The Kier molecular flexibility index (Phi) is 5.29. The molecule has 0 radical (unpaired) electrons. The monoisotopic (exact) mass is 408 g/mol. The van der Waals surface area contributed by atoms with E-state index in [-0.39, 0.29) is 23.8 Å². The van der Waals surface area contributed by atoms with Gasteiger partial charge in [-0.3, -0.25) is 4.79 Å². The van der Waals surface area contributed by atoms with E-state index < -0.39 is 0 Å². The first kappa shape index (κ1) is 19.5. The van der Waals surface area contributed by atoms with Gasteiger partial charge in [0.15, 0.2) is 0 Å². The lowest BCUT2D eigenvalue weighted by molar-refractivity contribution is -0.117. The molecule has 0 unspecified atom stereocenters. The lowest BCUT2D eigenvalue weighted by Gasteiger charge is -2.39. The molecular weight excluding hydrogens is 387 g/mol. The molecule has 0 aromatic heterocycles. The quantitative estimate of drug-likeness (QED) is 0.540. The molecule has 0 saturated heterocycles. The first-order valence-corrected chi connectivity index (χ1v) is 10.0. The number of nitrogens with one attached hydrogen (secondary N) is 1. The molecule has 0 aliphatic carbocycles. The first-order valence-electron chi connectivity index (χ1n) is 9.64. The van der Waals surface area contributed by atoms with Gasteiger partial charge in [-0.15, -0.1) is 0 Å². The number of hydrogen-bond acceptors (Lipinski definition) is 2. The van der Waals surface area contributed by atoms with Crippen LogP contribution in [-0.4, -0.2) is 11.9 Å². The van der Waals surface area contributed by atoms with Crippen molar-refractivity contribution in [1.82, 2.24) is 0 Å². The number of halogens is 2. The normalized spacial score (nSPS) is 18.3. The third kappa shape index (κ3) is 3.99. The Bertz CT molecular complexity index is 1030. The Balaban J connectivity index is 1.77. The van der Waals surface area contributed by atoms with Crippen LogP contribution in [0.2, 0.25) is 5.02 Å². The smallest absolute Gasteiger partial charge is 0.224 e. The van der Waals surface area contributed by atoms with E-state index in [4.69, 9.17) is 11.6 Å². The summed E-state index contributed by atoms with van der Waals surface area (Å²) in [5.74, 6) is -0.233. The number of amides is 1. The second-order valence-electron chi connectivity index (χ2n) is 7.46. The Morgan fingerprint density at radius 1 is 1.03 bits per heavy atom. The number of nitrogens with zero attached hydrogens (tertiary/aromatic N) is 1. The summed E-state index contributed by atoms with van der Waals surface area (Å²) in [4.78, 5) is 14.2. The maximum absolute atomic E-state index is 13.3. The van der Waals surface area contributed by atoms with E-state index in [1.165, 1.54) is 12.1 Å². The average Bonchev–Trinajstić information content (AvgIpc) is 2.70. The molecule has 29 heavy (non-hydrogen) atoms. The van der Waals surface area contributed by atoms with Crippen molar-refractivity contribution >= 4 is 28.9 Å². The molecule has 3 nitrogen and oxygen atoms in total. The number of hydrogen-bond donors (Lipinski definition) is 1. The topological polar surface area (TPSA) is 32.3 Å². The van der Waals surface area contributed by atoms with Gasteiger partial charge >= 0.3 is 0 Å². The van der Waals surface area contributed by atoms with Crippen molar-refractivity contribution in [2.75, 3.05) is 10.2 Å². The molecule has 0 saturated carbocycles. The summed E-state index contributed by atoms with van der Waals surface area (Å²) in [5.41, 5.74) is 4.86. The minimum absolute atomic E-state index is 0.0261. The van der Waals surface area contributed by atoms with Gasteiger partial charge in [-0.1, -0.05) is 29.8 Å². The summed E-state index contributed by atoms with van der Waals surface area (Å²) in [6.45, 7) is 3.66. The van der Waals surface area contributed by atoms with Crippen LogP contribution >= 0.6 is 11.6 Å². The minimum Gasteiger partial charge on any atom is -0.378 e. The summed E-state index contributed by atoms with van der Waals surface area (Å²) in [5, 5.41) is 4.27. The number of carbonyl (C=O) groups is 1. The fraction of sp³-hybridized carbons (Fsp3) is 0.208. The largest absolute Gasteiger partial charge is 0.378 e. The first-order chi connectivity index (χ1) is 13.9. The van der Waals surface area contributed by atoms with Crippen LogP contribution in [0.25, 0.3) is 11.1 Å². The van der Waals surface area contributed by atoms with E-state index in [1.54, 1.807) is 19.1 Å². The van der Waals surface area contributed by atoms with Crippen LogP contribution < -0.4 is 10.2 Å². The maximum Gasteiger partial charge on any atom is 0.224 e. The number of rotatable bonds is 3. The van der Waals surface area contributed by atoms with E-state index in [0.29, 0.717) is 5.02 Å². The van der Waals surface area contributed by atoms with Gasteiger partial charge in [0.2, 0.25) is 5.91 Å². The predicted octanol–water partition coefficient (Wildman–Crippen LogP) is 6.44. The van der Waals surface area contributed by atoms with Gasteiger partial charge in [0.1, 0.15) is 5.82 Å². The van der Waals surface area contributed by atoms with E-state index in [1.807, 2.05) is 41.3 Å². The molecule has 1 heterocycles. The van der Waals surface area contributed by atoms with E-state index in [2.05, 4.69) is 18.3 Å². The summed E-state index contributed by atoms with van der Waals surface area (Å²) in [6, 6.07) is 20.3. The molecule has 1 amide bonds. The van der Waals surface area contributed by atoms with Crippen LogP contribution in [0.3, 0.4) is 0 Å². The molecule has 0 bridgehead atoms. The van der Waals surface area contributed by atoms with Crippen molar-refractivity contribution in [3.05, 3.63) is 83.1 Å². The van der Waals surface area contributed by atoms with Crippen molar-refractivity contribution in [3.8, 4) is 11.1 Å². The summed E-state index contributed by atoms with van der Waals surface area (Å²) in [7, 11) is 0. The highest BCUT2D eigenvalue weighted by Gasteiger charge is 2.32. The second-order valence-corrected chi connectivity index (χ2v) is 7.89. The summed E-state index contributed by atoms with van der Waals surface area (Å²) >= 11 is 6.01. The number of anilines is 2. The summed E-state index contributed by atoms with van der Waals surface area (Å²) in [6.07, 6.45) is 0.780. The third-order valence-electron chi connectivity index (χ3n) is 5.38. The summed E-state index contributed by atoms with van der Waals surface area (Å²) < 4.78 is 13.3. The van der Waals surface area contributed by atoms with Gasteiger partial charge in [-0.25, -0.2) is 4.39 Å². The Labute approximate surface area is 175 Å². The number of fused-ring (bicyclic) bond motifs is 1. The molecular formula is C24H22ClFN2O. The molecule has 1 aliphatic rings. The molecule has 0 spiro atoms. The predicted molar refractivity (Wildman–Crippen MR) is 117 cm³/mol. The molecule has 148 valence electrons. The highest BCUT2D eigenvalue weighted by molar-refractivity contribution is 6.30. The van der Waals surface area contributed by atoms with Crippen LogP contribution in [0.1, 0.15) is 31.9 Å². The number of carbonyl (C=O) groups excluding carboxylic acids is 1. The van der Waals surface area contributed by atoms with Gasteiger partial charge in [-0.05, 0) is 78.6 Å². The van der Waals surface area contributed by atoms with Crippen LogP contribution in [0.4, 0.5) is 15.8 Å². The van der Waals surface area contributed by atoms with Crippen LogP contribution in [-0.2, 0) is 4.79 Å². The zero-order chi connectivity index (χ0) is 20.5. The van der Waals surface area contributed by atoms with Crippen molar-refractivity contribution in [3.63, 3.8) is 0 Å². The fourth-order valence-corrected chi connectivity index (χ4v) is 4.18. The molecule has 5 heteroatoms. The van der Waals surface area contributed by atoms with Crippen molar-refractivity contribution in [1.29, 1.82) is 0 Å². The van der Waals surface area contributed by atoms with E-state index >= 15 is 0 Å². The van der Waals surface area contributed by atoms with E-state index in [9.17, 15) is 9.18 Å².